The Balaban J connectivity index is 2.30. The van der Waals surface area contributed by atoms with Crippen LogP contribution >= 0.6 is 11.6 Å². The summed E-state index contributed by atoms with van der Waals surface area (Å²) in [6.07, 6.45) is 1.06. The second kappa shape index (κ2) is 5.00. The van der Waals surface area contributed by atoms with E-state index in [9.17, 15) is 10.1 Å². The van der Waals surface area contributed by atoms with E-state index >= 15 is 0 Å². The normalized spacial score (nSPS) is 19.8. The van der Waals surface area contributed by atoms with Gasteiger partial charge in [-0.2, -0.15) is 0 Å². The van der Waals surface area contributed by atoms with Crippen LogP contribution < -0.4 is 4.90 Å². The van der Waals surface area contributed by atoms with Crippen LogP contribution in [0, 0.1) is 21.4 Å². The first-order valence-electron chi connectivity index (χ1n) is 6.48. The first-order chi connectivity index (χ1) is 8.80. The zero-order chi connectivity index (χ0) is 14.2. The lowest BCUT2D eigenvalue weighted by atomic mass is 9.80. The highest BCUT2D eigenvalue weighted by Gasteiger charge is 2.34. The fraction of sp³-hybridized carbons (Fsp3) is 0.571. The van der Waals surface area contributed by atoms with Crippen molar-refractivity contribution in [2.24, 2.45) is 11.3 Å². The Morgan fingerprint density at radius 2 is 2.11 bits per heavy atom. The molecule has 0 aliphatic carbocycles. The van der Waals surface area contributed by atoms with Crippen molar-refractivity contribution >= 4 is 23.0 Å². The van der Waals surface area contributed by atoms with Crippen LogP contribution in [-0.4, -0.2) is 18.0 Å². The van der Waals surface area contributed by atoms with Gasteiger partial charge >= 0.3 is 5.69 Å². The molecule has 0 aromatic heterocycles. The van der Waals surface area contributed by atoms with Crippen molar-refractivity contribution in [3.05, 3.63) is 33.3 Å². The molecule has 0 amide bonds. The maximum Gasteiger partial charge on any atom is 0.310 e. The molecule has 4 nitrogen and oxygen atoms in total. The van der Waals surface area contributed by atoms with Crippen molar-refractivity contribution in [1.29, 1.82) is 0 Å². The summed E-state index contributed by atoms with van der Waals surface area (Å²) in [6.45, 7) is 8.35. The Morgan fingerprint density at radius 3 is 2.63 bits per heavy atom. The van der Waals surface area contributed by atoms with Crippen LogP contribution in [-0.2, 0) is 0 Å². The van der Waals surface area contributed by atoms with Crippen molar-refractivity contribution in [3.63, 3.8) is 0 Å². The van der Waals surface area contributed by atoms with Crippen LogP contribution in [0.1, 0.15) is 27.2 Å². The standard InChI is InChI=1S/C14H19ClN2O2/c1-14(2,3)10-7-8-16(9-10)12-6-4-5-11(15)13(12)17(18)19/h4-6,10H,7-9H2,1-3H3. The lowest BCUT2D eigenvalue weighted by molar-refractivity contribution is -0.384. The molecule has 0 bridgehead atoms. The fourth-order valence-electron chi connectivity index (χ4n) is 2.63. The van der Waals surface area contributed by atoms with E-state index < -0.39 is 0 Å². The third-order valence-electron chi connectivity index (χ3n) is 3.90. The molecular weight excluding hydrogens is 264 g/mol. The number of nitrogens with zero attached hydrogens (tertiary/aromatic N) is 2. The lowest BCUT2D eigenvalue weighted by Crippen LogP contribution is -2.26. The largest absolute Gasteiger partial charge is 0.366 e. The molecule has 2 rings (SSSR count). The van der Waals surface area contributed by atoms with Gasteiger partial charge in [-0.1, -0.05) is 38.4 Å². The van der Waals surface area contributed by atoms with E-state index in [1.165, 1.54) is 0 Å². The molecular formula is C14H19ClN2O2. The molecule has 0 N–H and O–H groups in total. The van der Waals surface area contributed by atoms with Gasteiger partial charge in [0, 0.05) is 13.1 Å². The van der Waals surface area contributed by atoms with Gasteiger partial charge < -0.3 is 4.90 Å². The first kappa shape index (κ1) is 14.1. The van der Waals surface area contributed by atoms with Crippen LogP contribution in [0.15, 0.2) is 18.2 Å². The number of hydrogen-bond donors (Lipinski definition) is 0. The first-order valence-corrected chi connectivity index (χ1v) is 6.86. The SMILES string of the molecule is CC(C)(C)C1CCN(c2cccc(Cl)c2[N+](=O)[O-])C1. The van der Waals surface area contributed by atoms with E-state index in [-0.39, 0.29) is 21.0 Å². The minimum atomic E-state index is -0.387. The number of para-hydroxylation sites is 1. The van der Waals surface area contributed by atoms with E-state index in [0.717, 1.165) is 19.5 Å². The maximum absolute atomic E-state index is 11.2. The van der Waals surface area contributed by atoms with E-state index in [1.54, 1.807) is 18.2 Å². The third kappa shape index (κ3) is 2.84. The average molecular weight is 283 g/mol. The zero-order valence-corrected chi connectivity index (χ0v) is 12.3. The van der Waals surface area contributed by atoms with Crippen molar-refractivity contribution < 1.29 is 4.92 Å². The number of benzene rings is 1. The minimum absolute atomic E-state index is 0.0266. The minimum Gasteiger partial charge on any atom is -0.366 e. The average Bonchev–Trinajstić information content (AvgIpc) is 2.76. The van der Waals surface area contributed by atoms with Gasteiger partial charge in [-0.15, -0.1) is 0 Å². The van der Waals surface area contributed by atoms with Crippen molar-refractivity contribution in [1.82, 2.24) is 0 Å². The Morgan fingerprint density at radius 1 is 1.42 bits per heavy atom. The highest BCUT2D eigenvalue weighted by molar-refractivity contribution is 6.33. The van der Waals surface area contributed by atoms with Gasteiger partial charge in [-0.25, -0.2) is 0 Å². The van der Waals surface area contributed by atoms with Crippen molar-refractivity contribution in [3.8, 4) is 0 Å². The summed E-state index contributed by atoms with van der Waals surface area (Å²) < 4.78 is 0. The Bertz CT molecular complexity index is 497. The van der Waals surface area contributed by atoms with Gasteiger partial charge in [-0.05, 0) is 29.9 Å². The molecule has 1 atom stereocenters. The molecule has 1 fully saturated rings. The Labute approximate surface area is 118 Å². The molecule has 19 heavy (non-hydrogen) atoms. The molecule has 1 aromatic rings. The number of nitro groups is 1. The number of anilines is 1. The molecule has 5 heteroatoms. The topological polar surface area (TPSA) is 46.4 Å². The summed E-state index contributed by atoms with van der Waals surface area (Å²) in [4.78, 5) is 12.9. The molecule has 0 spiro atoms. The molecule has 1 unspecified atom stereocenters. The Kier molecular flexibility index (Phi) is 3.72. The molecule has 104 valence electrons. The van der Waals surface area contributed by atoms with Gasteiger partial charge in [0.2, 0.25) is 0 Å². The lowest BCUT2D eigenvalue weighted by Gasteiger charge is -2.27. The van der Waals surface area contributed by atoms with Crippen molar-refractivity contribution in [2.45, 2.75) is 27.2 Å². The number of halogens is 1. The third-order valence-corrected chi connectivity index (χ3v) is 4.21. The van der Waals surface area contributed by atoms with Crippen LogP contribution in [0.3, 0.4) is 0 Å². The van der Waals surface area contributed by atoms with Gasteiger partial charge in [-0.3, -0.25) is 10.1 Å². The zero-order valence-electron chi connectivity index (χ0n) is 11.5. The van der Waals surface area contributed by atoms with Crippen molar-refractivity contribution in [2.75, 3.05) is 18.0 Å². The summed E-state index contributed by atoms with van der Waals surface area (Å²) in [6, 6.07) is 5.13. The quantitative estimate of drug-likeness (QED) is 0.605. The smallest absolute Gasteiger partial charge is 0.310 e. The summed E-state index contributed by atoms with van der Waals surface area (Å²) in [5.74, 6) is 0.547. The molecule has 1 aliphatic rings. The summed E-state index contributed by atoms with van der Waals surface area (Å²) >= 11 is 5.96. The fourth-order valence-corrected chi connectivity index (χ4v) is 2.86. The summed E-state index contributed by atoms with van der Waals surface area (Å²) in [5.41, 5.74) is 0.894. The van der Waals surface area contributed by atoms with E-state index in [0.29, 0.717) is 11.6 Å². The number of nitro benzene ring substituents is 1. The van der Waals surface area contributed by atoms with E-state index in [2.05, 4.69) is 25.7 Å². The van der Waals surface area contributed by atoms with Gasteiger partial charge in [0.1, 0.15) is 10.7 Å². The van der Waals surface area contributed by atoms with Gasteiger partial charge in [0.05, 0.1) is 4.92 Å². The van der Waals surface area contributed by atoms with E-state index in [1.807, 2.05) is 0 Å². The molecule has 1 aromatic carbocycles. The monoisotopic (exact) mass is 282 g/mol. The summed E-state index contributed by atoms with van der Waals surface area (Å²) in [5, 5.41) is 11.4. The molecule has 1 saturated heterocycles. The maximum atomic E-state index is 11.2. The highest BCUT2D eigenvalue weighted by atomic mass is 35.5. The van der Waals surface area contributed by atoms with E-state index in [4.69, 9.17) is 11.6 Å². The van der Waals surface area contributed by atoms with Crippen LogP contribution in [0.4, 0.5) is 11.4 Å². The number of rotatable bonds is 2. The van der Waals surface area contributed by atoms with Gasteiger partial charge in [0.15, 0.2) is 0 Å². The second-order valence-corrected chi connectivity index (χ2v) is 6.57. The predicted molar refractivity (Wildman–Crippen MR) is 77.9 cm³/mol. The van der Waals surface area contributed by atoms with Gasteiger partial charge in [0.25, 0.3) is 0 Å². The molecule has 0 saturated carbocycles. The van der Waals surface area contributed by atoms with Crippen LogP contribution in [0.25, 0.3) is 0 Å². The van der Waals surface area contributed by atoms with Crippen LogP contribution in [0.2, 0.25) is 5.02 Å². The second-order valence-electron chi connectivity index (χ2n) is 6.16. The van der Waals surface area contributed by atoms with Crippen LogP contribution in [0.5, 0.6) is 0 Å². The summed E-state index contributed by atoms with van der Waals surface area (Å²) in [7, 11) is 0. The predicted octanol–water partition coefficient (Wildman–Crippen LogP) is 4.12. The molecule has 0 radical (unpaired) electrons. The number of hydrogen-bond acceptors (Lipinski definition) is 3. The molecule has 1 heterocycles. The highest BCUT2D eigenvalue weighted by Crippen LogP contribution is 2.40. The Hall–Kier alpha value is -1.29. The molecule has 1 aliphatic heterocycles.